The molecule has 1 aliphatic carbocycles. The summed E-state index contributed by atoms with van der Waals surface area (Å²) in [7, 11) is 0. The minimum absolute atomic E-state index is 0.403. The topological polar surface area (TPSA) is 23.5 Å². The van der Waals surface area contributed by atoms with Crippen LogP contribution >= 0.6 is 15.9 Å². The van der Waals surface area contributed by atoms with Crippen molar-refractivity contribution in [3.8, 4) is 5.75 Å². The molecule has 0 unspecified atom stereocenters. The number of hydrogen-bond acceptors (Lipinski definition) is 2. The lowest BCUT2D eigenvalue weighted by Crippen LogP contribution is -2.34. The molecule has 112 valence electrons. The van der Waals surface area contributed by atoms with Gasteiger partial charge in [-0.15, -0.1) is 0 Å². The van der Waals surface area contributed by atoms with Crippen molar-refractivity contribution in [3.05, 3.63) is 28.2 Å². The van der Waals surface area contributed by atoms with E-state index in [-0.39, 0.29) is 0 Å². The van der Waals surface area contributed by atoms with Crippen molar-refractivity contribution in [2.45, 2.75) is 58.5 Å². The Kier molecular flexibility index (Phi) is 5.91. The maximum absolute atomic E-state index is 10.2. The molecule has 1 fully saturated rings. The van der Waals surface area contributed by atoms with Crippen LogP contribution in [0.15, 0.2) is 22.7 Å². The van der Waals surface area contributed by atoms with Gasteiger partial charge in [-0.25, -0.2) is 0 Å². The van der Waals surface area contributed by atoms with Gasteiger partial charge in [-0.1, -0.05) is 38.8 Å². The zero-order valence-electron chi connectivity index (χ0n) is 12.6. The summed E-state index contributed by atoms with van der Waals surface area (Å²) in [6.45, 7) is 6.56. The SMILES string of the molecule is CC(C)CCN(Cc1cccc(Br)c1O)C1CCCC1. The molecular weight excluding hydrogens is 314 g/mol. The Bertz CT molecular complexity index is 427. The Balaban J connectivity index is 2.07. The number of benzene rings is 1. The second-order valence-corrected chi connectivity index (χ2v) is 7.19. The lowest BCUT2D eigenvalue weighted by atomic mass is 10.1. The lowest BCUT2D eigenvalue weighted by molar-refractivity contribution is 0.178. The first kappa shape index (κ1) is 15.8. The number of nitrogens with zero attached hydrogens (tertiary/aromatic N) is 1. The predicted octanol–water partition coefficient (Wildman–Crippen LogP) is 4.95. The van der Waals surface area contributed by atoms with Gasteiger partial charge in [0.1, 0.15) is 5.75 Å². The van der Waals surface area contributed by atoms with Gasteiger partial charge in [0.2, 0.25) is 0 Å². The van der Waals surface area contributed by atoms with Crippen LogP contribution in [0.5, 0.6) is 5.75 Å². The van der Waals surface area contributed by atoms with Gasteiger partial charge < -0.3 is 5.11 Å². The van der Waals surface area contributed by atoms with E-state index < -0.39 is 0 Å². The van der Waals surface area contributed by atoms with E-state index in [4.69, 9.17) is 0 Å². The van der Waals surface area contributed by atoms with E-state index in [0.717, 1.165) is 29.0 Å². The van der Waals surface area contributed by atoms with Crippen LogP contribution in [-0.2, 0) is 6.54 Å². The second kappa shape index (κ2) is 7.46. The largest absolute Gasteiger partial charge is 0.506 e. The number of rotatable bonds is 6. The third kappa shape index (κ3) is 4.23. The van der Waals surface area contributed by atoms with Crippen molar-refractivity contribution >= 4 is 15.9 Å². The molecule has 0 heterocycles. The monoisotopic (exact) mass is 339 g/mol. The summed E-state index contributed by atoms with van der Waals surface area (Å²) < 4.78 is 0.797. The van der Waals surface area contributed by atoms with Crippen LogP contribution in [0.2, 0.25) is 0 Å². The first-order valence-corrected chi connectivity index (χ1v) is 8.57. The average Bonchev–Trinajstić information content (AvgIpc) is 2.93. The van der Waals surface area contributed by atoms with E-state index in [9.17, 15) is 5.11 Å². The molecule has 0 aromatic heterocycles. The summed E-state index contributed by atoms with van der Waals surface area (Å²) in [5.74, 6) is 1.13. The molecule has 0 bridgehead atoms. The van der Waals surface area contributed by atoms with Crippen LogP contribution in [0.3, 0.4) is 0 Å². The number of aromatic hydroxyl groups is 1. The summed E-state index contributed by atoms with van der Waals surface area (Å²) in [5, 5.41) is 10.2. The van der Waals surface area contributed by atoms with Crippen molar-refractivity contribution in [1.82, 2.24) is 4.90 Å². The van der Waals surface area contributed by atoms with Gasteiger partial charge in [0, 0.05) is 18.2 Å². The van der Waals surface area contributed by atoms with Crippen molar-refractivity contribution < 1.29 is 5.11 Å². The first-order valence-electron chi connectivity index (χ1n) is 7.78. The van der Waals surface area contributed by atoms with Gasteiger partial charge in [-0.05, 0) is 53.7 Å². The molecule has 1 aromatic rings. The number of hydrogen-bond donors (Lipinski definition) is 1. The summed E-state index contributed by atoms with van der Waals surface area (Å²) in [4.78, 5) is 2.58. The van der Waals surface area contributed by atoms with Gasteiger partial charge in [0.15, 0.2) is 0 Å². The lowest BCUT2D eigenvalue weighted by Gasteiger charge is -2.30. The molecule has 0 aliphatic heterocycles. The van der Waals surface area contributed by atoms with E-state index >= 15 is 0 Å². The second-order valence-electron chi connectivity index (χ2n) is 6.34. The van der Waals surface area contributed by atoms with Crippen molar-refractivity contribution in [1.29, 1.82) is 0 Å². The van der Waals surface area contributed by atoms with Gasteiger partial charge in [0.25, 0.3) is 0 Å². The normalized spacial score (nSPS) is 16.4. The zero-order chi connectivity index (χ0) is 14.5. The molecule has 0 atom stereocenters. The summed E-state index contributed by atoms with van der Waals surface area (Å²) in [6, 6.07) is 6.64. The number of phenols is 1. The highest BCUT2D eigenvalue weighted by atomic mass is 79.9. The molecule has 1 N–H and O–H groups in total. The minimum atomic E-state index is 0.403. The highest BCUT2D eigenvalue weighted by molar-refractivity contribution is 9.10. The Morgan fingerprint density at radius 3 is 2.65 bits per heavy atom. The Morgan fingerprint density at radius 2 is 2.00 bits per heavy atom. The number of halogens is 1. The molecule has 1 aliphatic rings. The Morgan fingerprint density at radius 1 is 1.30 bits per heavy atom. The smallest absolute Gasteiger partial charge is 0.134 e. The van der Waals surface area contributed by atoms with Crippen LogP contribution < -0.4 is 0 Å². The van der Waals surface area contributed by atoms with Gasteiger partial charge in [-0.3, -0.25) is 4.90 Å². The van der Waals surface area contributed by atoms with Crippen LogP contribution in [0.1, 0.15) is 51.5 Å². The van der Waals surface area contributed by atoms with Crippen molar-refractivity contribution in [2.75, 3.05) is 6.54 Å². The van der Waals surface area contributed by atoms with Crippen LogP contribution in [0.25, 0.3) is 0 Å². The quantitative estimate of drug-likeness (QED) is 0.792. The van der Waals surface area contributed by atoms with E-state index in [0.29, 0.717) is 11.8 Å². The number of para-hydroxylation sites is 1. The molecule has 20 heavy (non-hydrogen) atoms. The van der Waals surface area contributed by atoms with Gasteiger partial charge >= 0.3 is 0 Å². The van der Waals surface area contributed by atoms with Crippen LogP contribution in [0.4, 0.5) is 0 Å². The maximum Gasteiger partial charge on any atom is 0.134 e. The summed E-state index contributed by atoms with van der Waals surface area (Å²) >= 11 is 3.41. The molecule has 1 aromatic carbocycles. The maximum atomic E-state index is 10.2. The van der Waals surface area contributed by atoms with Crippen molar-refractivity contribution in [2.24, 2.45) is 5.92 Å². The molecule has 2 nitrogen and oxygen atoms in total. The molecule has 0 spiro atoms. The van der Waals surface area contributed by atoms with Crippen molar-refractivity contribution in [3.63, 3.8) is 0 Å². The predicted molar refractivity (Wildman–Crippen MR) is 87.9 cm³/mol. The Hall–Kier alpha value is -0.540. The Labute approximate surface area is 131 Å². The fourth-order valence-corrected chi connectivity index (χ4v) is 3.40. The highest BCUT2D eigenvalue weighted by Crippen LogP contribution is 2.31. The fraction of sp³-hybridized carbons (Fsp3) is 0.647. The molecule has 0 amide bonds. The number of phenolic OH excluding ortho intramolecular Hbond substituents is 1. The van der Waals surface area contributed by atoms with Gasteiger partial charge in [0.05, 0.1) is 4.47 Å². The third-order valence-electron chi connectivity index (χ3n) is 4.28. The van der Waals surface area contributed by atoms with E-state index in [1.54, 1.807) is 0 Å². The molecule has 3 heteroatoms. The summed E-state index contributed by atoms with van der Waals surface area (Å²) in [5.41, 5.74) is 1.04. The highest BCUT2D eigenvalue weighted by Gasteiger charge is 2.23. The third-order valence-corrected chi connectivity index (χ3v) is 4.92. The van der Waals surface area contributed by atoms with E-state index in [1.807, 2.05) is 18.2 Å². The average molecular weight is 340 g/mol. The van der Waals surface area contributed by atoms with Crippen LogP contribution in [0, 0.1) is 5.92 Å². The van der Waals surface area contributed by atoms with Crippen LogP contribution in [-0.4, -0.2) is 22.6 Å². The summed E-state index contributed by atoms with van der Waals surface area (Å²) in [6.07, 6.45) is 6.56. The molecule has 0 saturated heterocycles. The van der Waals surface area contributed by atoms with E-state index in [1.165, 1.54) is 32.1 Å². The zero-order valence-corrected chi connectivity index (χ0v) is 14.2. The first-order chi connectivity index (χ1) is 9.58. The molecule has 2 rings (SSSR count). The molecule has 1 saturated carbocycles. The minimum Gasteiger partial charge on any atom is -0.506 e. The fourth-order valence-electron chi connectivity index (χ4n) is 2.99. The standard InChI is InChI=1S/C17H26BrNO/c1-13(2)10-11-19(15-7-3-4-8-15)12-14-6-5-9-16(18)17(14)20/h5-6,9,13,15,20H,3-4,7-8,10-12H2,1-2H3. The molecular formula is C17H26BrNO. The van der Waals surface area contributed by atoms with Gasteiger partial charge in [-0.2, -0.15) is 0 Å². The molecule has 0 radical (unpaired) electrons. The van der Waals surface area contributed by atoms with E-state index in [2.05, 4.69) is 34.7 Å².